The molecule has 9 heteroatoms. The monoisotopic (exact) mass is 454 g/mol. The Kier molecular flexibility index (Phi) is 7.97. The Morgan fingerprint density at radius 3 is 2.33 bits per heavy atom. The highest BCUT2D eigenvalue weighted by molar-refractivity contribution is 7.92. The first-order valence-electron chi connectivity index (χ1n) is 9.39. The number of hydrogen-bond acceptors (Lipinski definition) is 5. The number of ether oxygens (including phenoxy) is 2. The molecule has 2 rings (SSSR count). The van der Waals surface area contributed by atoms with Crippen LogP contribution in [0.15, 0.2) is 42.5 Å². The summed E-state index contributed by atoms with van der Waals surface area (Å²) < 4.78 is 36.7. The van der Waals surface area contributed by atoms with Crippen LogP contribution in [0.5, 0.6) is 11.5 Å². The molecule has 2 aromatic carbocycles. The van der Waals surface area contributed by atoms with Gasteiger partial charge in [0.15, 0.2) is 11.5 Å². The minimum atomic E-state index is -3.73. The van der Waals surface area contributed by atoms with E-state index in [9.17, 15) is 13.2 Å². The third kappa shape index (κ3) is 5.58. The van der Waals surface area contributed by atoms with Gasteiger partial charge in [0.25, 0.3) is 0 Å². The lowest BCUT2D eigenvalue weighted by Gasteiger charge is -2.31. The highest BCUT2D eigenvalue weighted by atomic mass is 35.5. The molecular weight excluding hydrogens is 428 g/mol. The molecule has 0 aliphatic rings. The average Bonchev–Trinajstić information content (AvgIpc) is 2.70. The van der Waals surface area contributed by atoms with Gasteiger partial charge in [-0.1, -0.05) is 30.7 Å². The number of methoxy groups -OCH3 is 2. The largest absolute Gasteiger partial charge is 0.493 e. The first-order chi connectivity index (χ1) is 14.1. The van der Waals surface area contributed by atoms with Crippen molar-refractivity contribution in [1.82, 2.24) is 5.32 Å². The lowest BCUT2D eigenvalue weighted by atomic mass is 10.1. The Hall–Kier alpha value is -2.45. The van der Waals surface area contributed by atoms with Crippen molar-refractivity contribution in [1.29, 1.82) is 0 Å². The lowest BCUT2D eigenvalue weighted by molar-refractivity contribution is -0.122. The van der Waals surface area contributed by atoms with Gasteiger partial charge in [-0.15, -0.1) is 0 Å². The number of carbonyl (C=O) groups is 1. The van der Waals surface area contributed by atoms with Gasteiger partial charge >= 0.3 is 0 Å². The molecule has 0 fully saturated rings. The topological polar surface area (TPSA) is 84.9 Å². The zero-order valence-corrected chi connectivity index (χ0v) is 19.3. The van der Waals surface area contributed by atoms with Gasteiger partial charge in [0.05, 0.1) is 32.2 Å². The summed E-state index contributed by atoms with van der Waals surface area (Å²) >= 11 is 6.04. The maximum Gasteiger partial charge on any atom is 0.244 e. The quantitative estimate of drug-likeness (QED) is 0.623. The SMILES string of the molecule is CC[C@@H](C(=O)N[C@@H](C)c1ccc(OC)c(OC)c1)N(c1cccc(Cl)c1)S(C)(=O)=O. The Morgan fingerprint density at radius 2 is 1.80 bits per heavy atom. The van der Waals surface area contributed by atoms with E-state index in [2.05, 4.69) is 5.32 Å². The van der Waals surface area contributed by atoms with E-state index in [1.165, 1.54) is 13.2 Å². The van der Waals surface area contributed by atoms with Crippen molar-refractivity contribution in [3.8, 4) is 11.5 Å². The fourth-order valence-electron chi connectivity index (χ4n) is 3.19. The van der Waals surface area contributed by atoms with E-state index in [-0.39, 0.29) is 12.5 Å². The molecule has 1 N–H and O–H groups in total. The number of anilines is 1. The van der Waals surface area contributed by atoms with Crippen molar-refractivity contribution in [3.63, 3.8) is 0 Å². The summed E-state index contributed by atoms with van der Waals surface area (Å²) in [6.07, 6.45) is 1.35. The number of halogens is 1. The van der Waals surface area contributed by atoms with Crippen molar-refractivity contribution in [2.75, 3.05) is 24.8 Å². The molecule has 1 amide bonds. The Bertz CT molecular complexity index is 997. The fourth-order valence-corrected chi connectivity index (χ4v) is 4.58. The molecule has 0 saturated carbocycles. The number of amides is 1. The average molecular weight is 455 g/mol. The van der Waals surface area contributed by atoms with E-state index in [0.29, 0.717) is 22.2 Å². The van der Waals surface area contributed by atoms with Crippen LogP contribution in [0, 0.1) is 0 Å². The number of hydrogen-bond donors (Lipinski definition) is 1. The van der Waals surface area contributed by atoms with Crippen molar-refractivity contribution in [2.24, 2.45) is 0 Å². The zero-order chi connectivity index (χ0) is 22.5. The van der Waals surface area contributed by atoms with Crippen LogP contribution in [0.3, 0.4) is 0 Å². The van der Waals surface area contributed by atoms with Gasteiger partial charge in [0.1, 0.15) is 6.04 Å². The van der Waals surface area contributed by atoms with Crippen LogP contribution in [-0.2, 0) is 14.8 Å². The number of carbonyl (C=O) groups excluding carboxylic acids is 1. The number of sulfonamides is 1. The fraction of sp³-hybridized carbons (Fsp3) is 0.381. The number of rotatable bonds is 9. The smallest absolute Gasteiger partial charge is 0.244 e. The van der Waals surface area contributed by atoms with E-state index < -0.39 is 22.0 Å². The maximum absolute atomic E-state index is 13.1. The Morgan fingerprint density at radius 1 is 1.13 bits per heavy atom. The second-order valence-electron chi connectivity index (χ2n) is 6.81. The van der Waals surface area contributed by atoms with Crippen LogP contribution in [0.25, 0.3) is 0 Å². The van der Waals surface area contributed by atoms with E-state index in [0.717, 1.165) is 16.1 Å². The van der Waals surface area contributed by atoms with Gasteiger partial charge < -0.3 is 14.8 Å². The lowest BCUT2D eigenvalue weighted by Crippen LogP contribution is -2.49. The predicted octanol–water partition coefficient (Wildman–Crippen LogP) is 3.78. The summed E-state index contributed by atoms with van der Waals surface area (Å²) in [4.78, 5) is 13.1. The van der Waals surface area contributed by atoms with Gasteiger partial charge in [-0.05, 0) is 49.2 Å². The normalized spacial score (nSPS) is 13.3. The van der Waals surface area contributed by atoms with Crippen LogP contribution >= 0.6 is 11.6 Å². The molecule has 0 aromatic heterocycles. The molecular formula is C21H27ClN2O5S. The molecule has 0 spiro atoms. The first-order valence-corrected chi connectivity index (χ1v) is 11.6. The first kappa shape index (κ1) is 23.8. The molecule has 7 nitrogen and oxygen atoms in total. The summed E-state index contributed by atoms with van der Waals surface area (Å²) in [7, 11) is -0.653. The van der Waals surface area contributed by atoms with Crippen molar-refractivity contribution in [2.45, 2.75) is 32.4 Å². The molecule has 0 saturated heterocycles. The Balaban J connectivity index is 2.32. The second-order valence-corrected chi connectivity index (χ2v) is 9.10. The summed E-state index contributed by atoms with van der Waals surface area (Å²) in [5, 5.41) is 3.28. The maximum atomic E-state index is 13.1. The summed E-state index contributed by atoms with van der Waals surface area (Å²) in [6.45, 7) is 3.57. The molecule has 0 radical (unpaired) electrons. The van der Waals surface area contributed by atoms with E-state index in [1.54, 1.807) is 44.4 Å². The number of benzene rings is 2. The third-order valence-electron chi connectivity index (χ3n) is 4.66. The Labute approximate surface area is 183 Å². The minimum absolute atomic E-state index is 0.282. The van der Waals surface area contributed by atoms with Gasteiger partial charge in [-0.2, -0.15) is 0 Å². The molecule has 0 heterocycles. The highest BCUT2D eigenvalue weighted by Crippen LogP contribution is 2.30. The molecule has 0 unspecified atom stereocenters. The molecule has 0 aliphatic carbocycles. The number of nitrogens with one attached hydrogen (secondary N) is 1. The molecule has 0 aliphatic heterocycles. The van der Waals surface area contributed by atoms with Crippen LogP contribution in [-0.4, -0.2) is 40.8 Å². The van der Waals surface area contributed by atoms with Gasteiger partial charge in [-0.3, -0.25) is 9.10 Å². The molecule has 30 heavy (non-hydrogen) atoms. The van der Waals surface area contributed by atoms with E-state index in [1.807, 2.05) is 13.0 Å². The zero-order valence-electron chi connectivity index (χ0n) is 17.7. The van der Waals surface area contributed by atoms with Gasteiger partial charge in [0, 0.05) is 5.02 Å². The van der Waals surface area contributed by atoms with Crippen LogP contribution < -0.4 is 19.1 Å². The second kappa shape index (κ2) is 10.0. The standard InChI is InChI=1S/C21H27ClN2O5S/c1-6-18(24(30(5,26)27)17-9-7-8-16(22)13-17)21(25)23-14(2)15-10-11-19(28-3)20(12-15)29-4/h7-14,18H,6H2,1-5H3,(H,23,25)/t14-,18-/m0/s1. The van der Waals surface area contributed by atoms with E-state index in [4.69, 9.17) is 21.1 Å². The number of nitrogens with zero attached hydrogens (tertiary/aromatic N) is 1. The minimum Gasteiger partial charge on any atom is -0.493 e. The molecule has 0 bridgehead atoms. The summed E-state index contributed by atoms with van der Waals surface area (Å²) in [5.41, 5.74) is 1.13. The van der Waals surface area contributed by atoms with E-state index >= 15 is 0 Å². The predicted molar refractivity (Wildman–Crippen MR) is 119 cm³/mol. The van der Waals surface area contributed by atoms with Crippen molar-refractivity contribution in [3.05, 3.63) is 53.1 Å². The molecule has 2 aromatic rings. The molecule has 2 atom stereocenters. The van der Waals surface area contributed by atoms with Gasteiger partial charge in [0.2, 0.25) is 15.9 Å². The summed E-state index contributed by atoms with van der Waals surface area (Å²) in [5.74, 6) is 0.709. The van der Waals surface area contributed by atoms with Crippen LogP contribution in [0.1, 0.15) is 31.9 Å². The summed E-state index contributed by atoms with van der Waals surface area (Å²) in [6, 6.07) is 10.5. The molecule has 164 valence electrons. The van der Waals surface area contributed by atoms with Crippen LogP contribution in [0.4, 0.5) is 5.69 Å². The van der Waals surface area contributed by atoms with Gasteiger partial charge in [-0.25, -0.2) is 8.42 Å². The van der Waals surface area contributed by atoms with Crippen LogP contribution in [0.2, 0.25) is 5.02 Å². The van der Waals surface area contributed by atoms with Crippen molar-refractivity contribution >= 4 is 33.2 Å². The highest BCUT2D eigenvalue weighted by Gasteiger charge is 2.32. The third-order valence-corrected chi connectivity index (χ3v) is 6.07. The van der Waals surface area contributed by atoms with Crippen molar-refractivity contribution < 1.29 is 22.7 Å².